The van der Waals surface area contributed by atoms with Gasteiger partial charge in [0.1, 0.15) is 0 Å². The molecule has 2 aromatic rings. The number of nitrogens with one attached hydrogen (secondary N) is 2. The molecule has 6 nitrogen and oxygen atoms in total. The number of benzene rings is 2. The number of anilines is 2. The zero-order valence-corrected chi connectivity index (χ0v) is 14.5. The molecule has 0 saturated carbocycles. The second kappa shape index (κ2) is 7.94. The molecule has 0 aliphatic rings. The van der Waals surface area contributed by atoms with Gasteiger partial charge in [-0.15, -0.1) is 0 Å². The summed E-state index contributed by atoms with van der Waals surface area (Å²) in [6.45, 7) is 2.24. The smallest absolute Gasteiger partial charge is 0.240 e. The first-order valence-corrected chi connectivity index (χ1v) is 9.00. The summed E-state index contributed by atoms with van der Waals surface area (Å²) in [4.78, 5) is 13.1. The Bertz CT molecular complexity index is 774. The minimum absolute atomic E-state index is 0.166. The van der Waals surface area contributed by atoms with Crippen molar-refractivity contribution < 1.29 is 13.2 Å². The molecule has 2 rings (SSSR count). The largest absolute Gasteiger partial charge is 0.373 e. The number of para-hydroxylation sites is 1. The van der Waals surface area contributed by atoms with Crippen molar-refractivity contribution in [3.8, 4) is 0 Å². The summed E-state index contributed by atoms with van der Waals surface area (Å²) in [5.41, 5.74) is 1.58. The van der Waals surface area contributed by atoms with Crippen molar-refractivity contribution in [2.24, 2.45) is 0 Å². The van der Waals surface area contributed by atoms with Crippen molar-refractivity contribution in [2.45, 2.75) is 11.8 Å². The Kier molecular flexibility index (Phi) is 5.94. The van der Waals surface area contributed by atoms with Crippen LogP contribution in [0.4, 0.5) is 11.4 Å². The molecule has 0 radical (unpaired) electrons. The van der Waals surface area contributed by atoms with Gasteiger partial charge in [-0.05, 0) is 36.4 Å². The quantitative estimate of drug-likeness (QED) is 0.804. The molecule has 0 aliphatic carbocycles. The number of sulfonamides is 1. The van der Waals surface area contributed by atoms with Crippen LogP contribution in [0, 0.1) is 0 Å². The van der Waals surface area contributed by atoms with Crippen LogP contribution < -0.4 is 14.9 Å². The summed E-state index contributed by atoms with van der Waals surface area (Å²) in [7, 11) is -1.66. The number of nitrogens with zero attached hydrogens (tertiary/aromatic N) is 1. The third-order valence-electron chi connectivity index (χ3n) is 3.42. The first-order chi connectivity index (χ1) is 11.4. The Balaban J connectivity index is 1.92. The monoisotopic (exact) mass is 347 g/mol. The van der Waals surface area contributed by atoms with E-state index < -0.39 is 10.0 Å². The highest BCUT2D eigenvalue weighted by molar-refractivity contribution is 7.89. The van der Waals surface area contributed by atoms with Gasteiger partial charge in [0, 0.05) is 38.4 Å². The van der Waals surface area contributed by atoms with Crippen LogP contribution in [0.15, 0.2) is 59.5 Å². The Hall–Kier alpha value is -2.38. The van der Waals surface area contributed by atoms with Gasteiger partial charge in [-0.3, -0.25) is 4.79 Å². The number of rotatable bonds is 7. The maximum absolute atomic E-state index is 12.3. The number of hydrogen-bond acceptors (Lipinski definition) is 4. The van der Waals surface area contributed by atoms with E-state index in [1.54, 1.807) is 12.1 Å². The van der Waals surface area contributed by atoms with Crippen LogP contribution in [0.2, 0.25) is 0 Å². The van der Waals surface area contributed by atoms with E-state index in [0.717, 1.165) is 5.69 Å². The van der Waals surface area contributed by atoms with Gasteiger partial charge in [-0.25, -0.2) is 13.1 Å². The highest BCUT2D eigenvalue weighted by atomic mass is 32.2. The maximum Gasteiger partial charge on any atom is 0.240 e. The standard InChI is InChI=1S/C17H21N3O3S/c1-14(21)19-15-8-10-17(11-9-15)24(22,23)18-12-13-20(2)16-6-4-3-5-7-16/h3-11,18H,12-13H2,1-2H3,(H,19,21). The lowest BCUT2D eigenvalue weighted by Crippen LogP contribution is -2.33. The number of hydrogen-bond donors (Lipinski definition) is 2. The number of carbonyl (C=O) groups excluding carboxylic acids is 1. The average molecular weight is 347 g/mol. The van der Waals surface area contributed by atoms with Gasteiger partial charge in [0.05, 0.1) is 4.90 Å². The van der Waals surface area contributed by atoms with Gasteiger partial charge in [0.25, 0.3) is 0 Å². The molecule has 0 fully saturated rings. The van der Waals surface area contributed by atoms with Crippen molar-refractivity contribution in [1.82, 2.24) is 4.72 Å². The SMILES string of the molecule is CC(=O)Nc1ccc(S(=O)(=O)NCCN(C)c2ccccc2)cc1. The number of carbonyl (C=O) groups is 1. The van der Waals surface area contributed by atoms with Gasteiger partial charge in [0.2, 0.25) is 15.9 Å². The minimum atomic E-state index is -3.57. The van der Waals surface area contributed by atoms with Crippen molar-refractivity contribution in [3.05, 3.63) is 54.6 Å². The fraction of sp³-hybridized carbons (Fsp3) is 0.235. The molecule has 0 saturated heterocycles. The second-order valence-electron chi connectivity index (χ2n) is 5.36. The third kappa shape index (κ3) is 5.07. The van der Waals surface area contributed by atoms with Crippen molar-refractivity contribution in [2.75, 3.05) is 30.4 Å². The van der Waals surface area contributed by atoms with Crippen molar-refractivity contribution in [1.29, 1.82) is 0 Å². The Morgan fingerprint density at radius 1 is 1.04 bits per heavy atom. The first-order valence-electron chi connectivity index (χ1n) is 7.52. The molecular weight excluding hydrogens is 326 g/mol. The summed E-state index contributed by atoms with van der Waals surface area (Å²) < 4.78 is 27.1. The van der Waals surface area contributed by atoms with Gasteiger partial charge in [-0.2, -0.15) is 0 Å². The number of amides is 1. The van der Waals surface area contributed by atoms with E-state index in [4.69, 9.17) is 0 Å². The van der Waals surface area contributed by atoms with E-state index >= 15 is 0 Å². The van der Waals surface area contributed by atoms with Gasteiger partial charge in [0.15, 0.2) is 0 Å². The Morgan fingerprint density at radius 3 is 2.25 bits per heavy atom. The lowest BCUT2D eigenvalue weighted by molar-refractivity contribution is -0.114. The predicted molar refractivity (Wildman–Crippen MR) is 95.6 cm³/mol. The molecular formula is C17H21N3O3S. The normalized spacial score (nSPS) is 11.1. The molecule has 128 valence electrons. The molecule has 2 N–H and O–H groups in total. The van der Waals surface area contributed by atoms with E-state index in [-0.39, 0.29) is 10.8 Å². The second-order valence-corrected chi connectivity index (χ2v) is 7.13. The molecule has 2 aromatic carbocycles. The molecule has 24 heavy (non-hydrogen) atoms. The zero-order chi connectivity index (χ0) is 17.6. The van der Waals surface area contributed by atoms with Crippen LogP contribution in [-0.4, -0.2) is 34.5 Å². The topological polar surface area (TPSA) is 78.5 Å². The van der Waals surface area contributed by atoms with Crippen LogP contribution >= 0.6 is 0 Å². The summed E-state index contributed by atoms with van der Waals surface area (Å²) in [5.74, 6) is -0.201. The summed E-state index contributed by atoms with van der Waals surface area (Å²) in [6.07, 6.45) is 0. The van der Waals surface area contributed by atoms with E-state index in [2.05, 4.69) is 10.0 Å². The van der Waals surface area contributed by atoms with E-state index in [0.29, 0.717) is 18.8 Å². The van der Waals surface area contributed by atoms with E-state index in [1.165, 1.54) is 19.1 Å². The molecule has 0 atom stereocenters. The summed E-state index contributed by atoms with van der Waals surface area (Å²) in [6, 6.07) is 15.8. The molecule has 0 unspecified atom stereocenters. The zero-order valence-electron chi connectivity index (χ0n) is 13.7. The first kappa shape index (κ1) is 18.0. The van der Waals surface area contributed by atoms with Crippen LogP contribution in [0.25, 0.3) is 0 Å². The van der Waals surface area contributed by atoms with Gasteiger partial charge >= 0.3 is 0 Å². The summed E-state index contributed by atoms with van der Waals surface area (Å²) in [5, 5.41) is 2.60. The van der Waals surface area contributed by atoms with Crippen molar-refractivity contribution >= 4 is 27.3 Å². The number of likely N-dealkylation sites (N-methyl/N-ethyl adjacent to an activating group) is 1. The lowest BCUT2D eigenvalue weighted by atomic mass is 10.3. The molecule has 0 spiro atoms. The van der Waals surface area contributed by atoms with E-state index in [1.807, 2.05) is 42.3 Å². The van der Waals surface area contributed by atoms with Crippen LogP contribution in [0.5, 0.6) is 0 Å². The maximum atomic E-state index is 12.3. The predicted octanol–water partition coefficient (Wildman–Crippen LogP) is 2.06. The molecule has 0 bridgehead atoms. The molecule has 7 heteroatoms. The molecule has 0 aromatic heterocycles. The molecule has 1 amide bonds. The Labute approximate surface area is 142 Å². The fourth-order valence-corrected chi connectivity index (χ4v) is 3.18. The highest BCUT2D eigenvalue weighted by Crippen LogP contribution is 2.14. The average Bonchev–Trinajstić information content (AvgIpc) is 2.55. The fourth-order valence-electron chi connectivity index (χ4n) is 2.16. The van der Waals surface area contributed by atoms with Crippen molar-refractivity contribution in [3.63, 3.8) is 0 Å². The van der Waals surface area contributed by atoms with Crippen LogP contribution in [-0.2, 0) is 14.8 Å². The minimum Gasteiger partial charge on any atom is -0.373 e. The van der Waals surface area contributed by atoms with Gasteiger partial charge < -0.3 is 10.2 Å². The third-order valence-corrected chi connectivity index (χ3v) is 4.90. The summed E-state index contributed by atoms with van der Waals surface area (Å²) >= 11 is 0. The van der Waals surface area contributed by atoms with Crippen LogP contribution in [0.3, 0.4) is 0 Å². The van der Waals surface area contributed by atoms with E-state index in [9.17, 15) is 13.2 Å². The molecule has 0 aliphatic heterocycles. The highest BCUT2D eigenvalue weighted by Gasteiger charge is 2.13. The van der Waals surface area contributed by atoms with Gasteiger partial charge in [-0.1, -0.05) is 18.2 Å². The molecule has 0 heterocycles. The van der Waals surface area contributed by atoms with Crippen LogP contribution in [0.1, 0.15) is 6.92 Å². The Morgan fingerprint density at radius 2 is 1.67 bits per heavy atom. The lowest BCUT2D eigenvalue weighted by Gasteiger charge is -2.19.